The Morgan fingerprint density at radius 3 is 2.25 bits per heavy atom. The van der Waals surface area contributed by atoms with Crippen molar-refractivity contribution in [3.05, 3.63) is 51.1 Å². The summed E-state index contributed by atoms with van der Waals surface area (Å²) >= 11 is 2.16. The lowest BCUT2D eigenvalue weighted by Crippen LogP contribution is -2.29. The fraction of sp³-hybridized carbons (Fsp3) is 0.409. The minimum Gasteiger partial charge on any atom is -0.493 e. The molecule has 0 unspecified atom stereocenters. The van der Waals surface area contributed by atoms with Gasteiger partial charge in [0.2, 0.25) is 0 Å². The molecular weight excluding hydrogens is 467 g/mol. The number of rotatable bonds is 6. The van der Waals surface area contributed by atoms with Crippen molar-refractivity contribution < 1.29 is 14.3 Å². The van der Waals surface area contributed by atoms with Crippen molar-refractivity contribution in [2.75, 3.05) is 39.3 Å². The quantitative estimate of drug-likeness (QED) is 0.552. The van der Waals surface area contributed by atoms with Crippen LogP contribution in [0.4, 0.5) is 5.69 Å². The van der Waals surface area contributed by atoms with Gasteiger partial charge in [0.1, 0.15) is 0 Å². The molecule has 6 heteroatoms. The van der Waals surface area contributed by atoms with Crippen molar-refractivity contribution in [1.29, 1.82) is 0 Å². The standard InChI is InChI=1S/C22H27IN2O3/c1-24(22(26)18-13-20(27-2)21(28-3)14-19(18)23)15-16-7-9-17(10-8-16)25-11-5-4-6-12-25/h7-10,13-14H,4-6,11-12,15H2,1-3H3. The molecule has 1 aliphatic rings. The number of halogens is 1. The highest BCUT2D eigenvalue weighted by Gasteiger charge is 2.19. The van der Waals surface area contributed by atoms with Crippen molar-refractivity contribution >= 4 is 34.2 Å². The maximum absolute atomic E-state index is 13.0. The summed E-state index contributed by atoms with van der Waals surface area (Å²) in [6.07, 6.45) is 3.86. The van der Waals surface area contributed by atoms with Crippen LogP contribution < -0.4 is 14.4 Å². The zero-order valence-electron chi connectivity index (χ0n) is 16.7. The predicted molar refractivity (Wildman–Crippen MR) is 121 cm³/mol. The lowest BCUT2D eigenvalue weighted by Gasteiger charge is -2.29. The zero-order chi connectivity index (χ0) is 20.1. The lowest BCUT2D eigenvalue weighted by molar-refractivity contribution is 0.0783. The van der Waals surface area contributed by atoms with Crippen molar-refractivity contribution in [3.8, 4) is 11.5 Å². The summed E-state index contributed by atoms with van der Waals surface area (Å²) in [6, 6.07) is 12.1. The Kier molecular flexibility index (Phi) is 7.04. The Balaban J connectivity index is 1.70. The zero-order valence-corrected chi connectivity index (χ0v) is 18.9. The first-order valence-electron chi connectivity index (χ1n) is 9.54. The summed E-state index contributed by atoms with van der Waals surface area (Å²) in [6.45, 7) is 2.83. The highest BCUT2D eigenvalue weighted by atomic mass is 127. The summed E-state index contributed by atoms with van der Waals surface area (Å²) in [7, 11) is 5.00. The third-order valence-corrected chi connectivity index (χ3v) is 6.02. The van der Waals surface area contributed by atoms with Gasteiger partial charge in [-0.2, -0.15) is 0 Å². The maximum Gasteiger partial charge on any atom is 0.255 e. The van der Waals surface area contributed by atoms with E-state index >= 15 is 0 Å². The fourth-order valence-corrected chi connectivity index (χ4v) is 4.20. The number of ether oxygens (including phenoxy) is 2. The number of carbonyl (C=O) groups excluding carboxylic acids is 1. The van der Waals surface area contributed by atoms with Gasteiger partial charge in [0.15, 0.2) is 11.5 Å². The molecule has 5 nitrogen and oxygen atoms in total. The van der Waals surface area contributed by atoms with Gasteiger partial charge in [0.05, 0.1) is 19.8 Å². The molecule has 2 aromatic carbocycles. The van der Waals surface area contributed by atoms with E-state index in [9.17, 15) is 4.79 Å². The summed E-state index contributed by atoms with van der Waals surface area (Å²) < 4.78 is 11.5. The van der Waals surface area contributed by atoms with Gasteiger partial charge in [0.25, 0.3) is 5.91 Å². The molecule has 0 spiro atoms. The van der Waals surface area contributed by atoms with Crippen LogP contribution in [0.5, 0.6) is 11.5 Å². The van der Waals surface area contributed by atoms with Crippen molar-refractivity contribution in [1.82, 2.24) is 4.90 Å². The monoisotopic (exact) mass is 494 g/mol. The van der Waals surface area contributed by atoms with Gasteiger partial charge in [-0.05, 0) is 71.7 Å². The largest absolute Gasteiger partial charge is 0.493 e. The van der Waals surface area contributed by atoms with Crippen molar-refractivity contribution in [2.45, 2.75) is 25.8 Å². The van der Waals surface area contributed by atoms with Crippen molar-refractivity contribution in [3.63, 3.8) is 0 Å². The molecule has 0 bridgehead atoms. The number of benzene rings is 2. The number of piperidine rings is 1. The molecule has 1 fully saturated rings. The predicted octanol–water partition coefficient (Wildman–Crippen LogP) is 4.57. The molecule has 0 aromatic heterocycles. The van der Waals surface area contributed by atoms with Crippen LogP contribution in [0.15, 0.2) is 36.4 Å². The minimum absolute atomic E-state index is 0.0366. The van der Waals surface area contributed by atoms with E-state index in [4.69, 9.17) is 9.47 Å². The molecule has 3 rings (SSSR count). The molecule has 0 N–H and O–H groups in total. The van der Waals surface area contributed by atoms with Gasteiger partial charge in [-0.25, -0.2) is 0 Å². The number of anilines is 1. The molecule has 1 saturated heterocycles. The molecule has 2 aromatic rings. The molecule has 150 valence electrons. The fourth-order valence-electron chi connectivity index (χ4n) is 3.53. The Hall–Kier alpha value is -1.96. The first-order valence-corrected chi connectivity index (χ1v) is 10.6. The molecule has 0 radical (unpaired) electrons. The van der Waals surface area contributed by atoms with Gasteiger partial charge >= 0.3 is 0 Å². The van der Waals surface area contributed by atoms with Crippen LogP contribution in [0.25, 0.3) is 0 Å². The summed E-state index contributed by atoms with van der Waals surface area (Å²) in [5.74, 6) is 1.15. The lowest BCUT2D eigenvalue weighted by atomic mass is 10.1. The van der Waals surface area contributed by atoms with E-state index in [0.29, 0.717) is 23.6 Å². The molecular formula is C22H27IN2O3. The van der Waals surface area contributed by atoms with Crippen LogP contribution in [0.3, 0.4) is 0 Å². The van der Waals surface area contributed by atoms with Crippen molar-refractivity contribution in [2.24, 2.45) is 0 Å². The summed E-state index contributed by atoms with van der Waals surface area (Å²) in [5, 5.41) is 0. The molecule has 0 saturated carbocycles. The molecule has 1 amide bonds. The van der Waals surface area contributed by atoms with E-state index in [1.807, 2.05) is 13.1 Å². The van der Waals surface area contributed by atoms with E-state index in [-0.39, 0.29) is 5.91 Å². The average molecular weight is 494 g/mol. The van der Waals surface area contributed by atoms with E-state index in [1.54, 1.807) is 25.2 Å². The first-order chi connectivity index (χ1) is 13.5. The first kappa shape index (κ1) is 20.8. The van der Waals surface area contributed by atoms with Crippen LogP contribution in [0, 0.1) is 3.57 Å². The van der Waals surface area contributed by atoms with Gasteiger partial charge in [-0.3, -0.25) is 4.79 Å². The molecule has 0 aliphatic carbocycles. The van der Waals surface area contributed by atoms with E-state index in [1.165, 1.54) is 24.9 Å². The Morgan fingerprint density at radius 1 is 1.04 bits per heavy atom. The van der Waals surface area contributed by atoms with Crippen LogP contribution >= 0.6 is 22.6 Å². The van der Waals surface area contributed by atoms with E-state index in [0.717, 1.165) is 22.2 Å². The van der Waals surface area contributed by atoms with Crippen LogP contribution in [-0.2, 0) is 6.54 Å². The molecule has 0 atom stereocenters. The number of hydrogen-bond acceptors (Lipinski definition) is 4. The molecule has 28 heavy (non-hydrogen) atoms. The topological polar surface area (TPSA) is 42.0 Å². The number of carbonyl (C=O) groups is 1. The normalized spacial score (nSPS) is 13.9. The Bertz CT molecular complexity index is 817. The number of hydrogen-bond donors (Lipinski definition) is 0. The Morgan fingerprint density at radius 2 is 1.64 bits per heavy atom. The highest BCUT2D eigenvalue weighted by molar-refractivity contribution is 14.1. The minimum atomic E-state index is -0.0366. The highest BCUT2D eigenvalue weighted by Crippen LogP contribution is 2.32. The summed E-state index contributed by atoms with van der Waals surface area (Å²) in [4.78, 5) is 17.1. The maximum atomic E-state index is 13.0. The average Bonchev–Trinajstić information content (AvgIpc) is 2.74. The second-order valence-electron chi connectivity index (χ2n) is 7.06. The Labute approximate surface area is 180 Å². The van der Waals surface area contributed by atoms with Gasteiger partial charge < -0.3 is 19.3 Å². The number of methoxy groups -OCH3 is 2. The smallest absolute Gasteiger partial charge is 0.255 e. The van der Waals surface area contributed by atoms with E-state index in [2.05, 4.69) is 51.8 Å². The van der Waals surface area contributed by atoms with Crippen LogP contribution in [0.2, 0.25) is 0 Å². The molecule has 1 heterocycles. The SMILES string of the molecule is COc1cc(I)c(C(=O)N(C)Cc2ccc(N3CCCCC3)cc2)cc1OC. The second kappa shape index (κ2) is 9.49. The van der Waals surface area contributed by atoms with Crippen LogP contribution in [0.1, 0.15) is 35.2 Å². The summed E-state index contributed by atoms with van der Waals surface area (Å²) in [5.41, 5.74) is 3.00. The van der Waals surface area contributed by atoms with Gasteiger partial charge in [-0.15, -0.1) is 0 Å². The van der Waals surface area contributed by atoms with E-state index < -0.39 is 0 Å². The van der Waals surface area contributed by atoms with Gasteiger partial charge in [-0.1, -0.05) is 12.1 Å². The number of nitrogens with zero attached hydrogens (tertiary/aromatic N) is 2. The van der Waals surface area contributed by atoms with Crippen LogP contribution in [-0.4, -0.2) is 45.2 Å². The molecule has 1 aliphatic heterocycles. The second-order valence-corrected chi connectivity index (χ2v) is 8.22. The number of amides is 1. The third-order valence-electron chi connectivity index (χ3n) is 5.13. The third kappa shape index (κ3) is 4.71. The van der Waals surface area contributed by atoms with Gasteiger partial charge in [0, 0.05) is 35.9 Å².